The number of halogens is 1. The average Bonchev–Trinajstić information content (AvgIpc) is 2.86. The van der Waals surface area contributed by atoms with Crippen LogP contribution in [-0.4, -0.2) is 41.8 Å². The van der Waals surface area contributed by atoms with Crippen molar-refractivity contribution in [1.82, 2.24) is 10.2 Å². The van der Waals surface area contributed by atoms with E-state index in [1.807, 2.05) is 0 Å². The molecule has 3 N–H and O–H groups in total. The van der Waals surface area contributed by atoms with Gasteiger partial charge in [-0.15, -0.1) is 12.4 Å². The summed E-state index contributed by atoms with van der Waals surface area (Å²) in [5.74, 6) is -0.336. The van der Waals surface area contributed by atoms with E-state index in [9.17, 15) is 14.4 Å². The van der Waals surface area contributed by atoms with Gasteiger partial charge in [0.2, 0.25) is 5.91 Å². The summed E-state index contributed by atoms with van der Waals surface area (Å²) in [6.45, 7) is 0.949. The Morgan fingerprint density at radius 2 is 1.77 bits per heavy atom. The van der Waals surface area contributed by atoms with Crippen molar-refractivity contribution in [3.05, 3.63) is 35.4 Å². The van der Waals surface area contributed by atoms with Crippen LogP contribution in [-0.2, 0) is 4.79 Å². The van der Waals surface area contributed by atoms with Crippen molar-refractivity contribution in [3.63, 3.8) is 0 Å². The fourth-order valence-corrected chi connectivity index (χ4v) is 3.66. The number of unbranched alkanes of at least 4 members (excludes halogenated alkanes) is 1. The molecule has 3 rings (SSSR count). The first-order valence-electron chi connectivity index (χ1n) is 9.06. The van der Waals surface area contributed by atoms with Crippen LogP contribution < -0.4 is 11.1 Å². The second-order valence-electron chi connectivity index (χ2n) is 6.93. The predicted octanol–water partition coefficient (Wildman–Crippen LogP) is 2.12. The standard InChI is InChI=1S/C19H25N3O3.ClH/c20-14-7-5-6-13(12-14)17(23)21-10-3-4-11-22-18(24)15-8-1-2-9-16(15)19(22)25;/h1-2,8-9,13-14H,3-7,10-12,20H2,(H,21,23);1H. The van der Waals surface area contributed by atoms with Crippen molar-refractivity contribution in [2.75, 3.05) is 13.1 Å². The smallest absolute Gasteiger partial charge is 0.261 e. The van der Waals surface area contributed by atoms with Gasteiger partial charge >= 0.3 is 0 Å². The van der Waals surface area contributed by atoms with Crippen molar-refractivity contribution in [2.45, 2.75) is 44.6 Å². The summed E-state index contributed by atoms with van der Waals surface area (Å²) >= 11 is 0. The third kappa shape index (κ3) is 4.43. The highest BCUT2D eigenvalue weighted by Crippen LogP contribution is 2.24. The fourth-order valence-electron chi connectivity index (χ4n) is 3.66. The van der Waals surface area contributed by atoms with E-state index in [2.05, 4.69) is 5.32 Å². The number of rotatable bonds is 6. The zero-order valence-corrected chi connectivity index (χ0v) is 15.6. The quantitative estimate of drug-likeness (QED) is 0.585. The van der Waals surface area contributed by atoms with Crippen LogP contribution in [0.3, 0.4) is 0 Å². The molecular formula is C19H26ClN3O3. The third-order valence-electron chi connectivity index (χ3n) is 5.07. The van der Waals surface area contributed by atoms with Crippen LogP contribution in [0.2, 0.25) is 0 Å². The Morgan fingerprint density at radius 3 is 2.38 bits per heavy atom. The molecule has 1 saturated carbocycles. The molecule has 6 nitrogen and oxygen atoms in total. The molecule has 1 aromatic rings. The fraction of sp³-hybridized carbons (Fsp3) is 0.526. The summed E-state index contributed by atoms with van der Waals surface area (Å²) in [5, 5.41) is 2.96. The molecule has 1 fully saturated rings. The normalized spacial score (nSPS) is 22.0. The summed E-state index contributed by atoms with van der Waals surface area (Å²) in [6, 6.07) is 7.04. The van der Waals surface area contributed by atoms with E-state index in [4.69, 9.17) is 5.73 Å². The molecule has 0 aromatic heterocycles. The van der Waals surface area contributed by atoms with Gasteiger partial charge in [-0.3, -0.25) is 19.3 Å². The lowest BCUT2D eigenvalue weighted by Gasteiger charge is -2.25. The lowest BCUT2D eigenvalue weighted by molar-refractivity contribution is -0.126. The molecule has 7 heteroatoms. The van der Waals surface area contributed by atoms with Crippen molar-refractivity contribution in [3.8, 4) is 0 Å². The highest BCUT2D eigenvalue weighted by molar-refractivity contribution is 6.21. The van der Waals surface area contributed by atoms with Gasteiger partial charge in [-0.2, -0.15) is 0 Å². The van der Waals surface area contributed by atoms with Crippen molar-refractivity contribution >= 4 is 30.1 Å². The van der Waals surface area contributed by atoms with Crippen LogP contribution >= 0.6 is 12.4 Å². The first-order chi connectivity index (χ1) is 12.1. The number of nitrogens with two attached hydrogens (primary N) is 1. The lowest BCUT2D eigenvalue weighted by Crippen LogP contribution is -2.38. The average molecular weight is 380 g/mol. The third-order valence-corrected chi connectivity index (χ3v) is 5.07. The van der Waals surface area contributed by atoms with E-state index in [-0.39, 0.29) is 42.1 Å². The van der Waals surface area contributed by atoms with Crippen molar-refractivity contribution in [1.29, 1.82) is 0 Å². The Labute approximate surface area is 159 Å². The zero-order chi connectivity index (χ0) is 17.8. The zero-order valence-electron chi connectivity index (χ0n) is 14.8. The monoisotopic (exact) mass is 379 g/mol. The summed E-state index contributed by atoms with van der Waals surface area (Å²) in [5.41, 5.74) is 6.88. The second kappa shape index (κ2) is 9.14. The minimum Gasteiger partial charge on any atom is -0.356 e. The van der Waals surface area contributed by atoms with Gasteiger partial charge in [-0.1, -0.05) is 18.6 Å². The minimum absolute atomic E-state index is 0. The number of nitrogens with one attached hydrogen (secondary N) is 1. The first-order valence-corrected chi connectivity index (χ1v) is 9.06. The maximum absolute atomic E-state index is 12.2. The highest BCUT2D eigenvalue weighted by atomic mass is 35.5. The molecular weight excluding hydrogens is 354 g/mol. The van der Waals surface area contributed by atoms with Crippen LogP contribution in [0.25, 0.3) is 0 Å². The molecule has 0 bridgehead atoms. The van der Waals surface area contributed by atoms with E-state index in [1.165, 1.54) is 4.90 Å². The number of carbonyl (C=O) groups excluding carboxylic acids is 3. The van der Waals surface area contributed by atoms with Crippen LogP contribution in [0.1, 0.15) is 59.2 Å². The highest BCUT2D eigenvalue weighted by Gasteiger charge is 2.34. The maximum Gasteiger partial charge on any atom is 0.261 e. The van der Waals surface area contributed by atoms with E-state index in [0.29, 0.717) is 30.6 Å². The molecule has 0 spiro atoms. The Balaban J connectivity index is 0.00000243. The summed E-state index contributed by atoms with van der Waals surface area (Å²) in [6.07, 6.45) is 5.10. The number of hydrogen-bond acceptors (Lipinski definition) is 4. The Morgan fingerprint density at radius 1 is 1.12 bits per heavy atom. The van der Waals surface area contributed by atoms with Crippen LogP contribution in [0, 0.1) is 5.92 Å². The van der Waals surface area contributed by atoms with E-state index < -0.39 is 0 Å². The van der Waals surface area contributed by atoms with Crippen molar-refractivity contribution in [2.24, 2.45) is 11.7 Å². The number of benzene rings is 1. The Bertz CT molecular complexity index is 645. The molecule has 1 aliphatic heterocycles. The predicted molar refractivity (Wildman–Crippen MR) is 101 cm³/mol. The van der Waals surface area contributed by atoms with Gasteiger partial charge in [0, 0.05) is 25.0 Å². The number of hydrogen-bond donors (Lipinski definition) is 2. The van der Waals surface area contributed by atoms with Gasteiger partial charge in [-0.05, 0) is 44.2 Å². The summed E-state index contributed by atoms with van der Waals surface area (Å²) < 4.78 is 0. The van der Waals surface area contributed by atoms with Gasteiger partial charge in [0.25, 0.3) is 11.8 Å². The molecule has 1 aliphatic carbocycles. The van der Waals surface area contributed by atoms with Gasteiger partial charge in [0.15, 0.2) is 0 Å². The topological polar surface area (TPSA) is 92.5 Å². The molecule has 142 valence electrons. The van der Waals surface area contributed by atoms with Crippen LogP contribution in [0.5, 0.6) is 0 Å². The number of carbonyl (C=O) groups is 3. The molecule has 1 aromatic carbocycles. The molecule has 0 radical (unpaired) electrons. The van der Waals surface area contributed by atoms with E-state index in [0.717, 1.165) is 32.1 Å². The van der Waals surface area contributed by atoms with Gasteiger partial charge in [0.1, 0.15) is 0 Å². The largest absolute Gasteiger partial charge is 0.356 e. The molecule has 26 heavy (non-hydrogen) atoms. The van der Waals surface area contributed by atoms with Gasteiger partial charge < -0.3 is 11.1 Å². The van der Waals surface area contributed by atoms with Crippen molar-refractivity contribution < 1.29 is 14.4 Å². The van der Waals surface area contributed by atoms with Crippen LogP contribution in [0.15, 0.2) is 24.3 Å². The van der Waals surface area contributed by atoms with Crippen LogP contribution in [0.4, 0.5) is 0 Å². The molecule has 2 atom stereocenters. The summed E-state index contributed by atoms with van der Waals surface area (Å²) in [4.78, 5) is 37.9. The maximum atomic E-state index is 12.2. The molecule has 3 amide bonds. The van der Waals surface area contributed by atoms with E-state index >= 15 is 0 Å². The number of amides is 3. The van der Waals surface area contributed by atoms with E-state index in [1.54, 1.807) is 24.3 Å². The number of fused-ring (bicyclic) bond motifs is 1. The summed E-state index contributed by atoms with van der Waals surface area (Å²) in [7, 11) is 0. The molecule has 0 saturated heterocycles. The minimum atomic E-state index is -0.221. The van der Waals surface area contributed by atoms with Gasteiger partial charge in [0.05, 0.1) is 11.1 Å². The number of nitrogens with zero attached hydrogens (tertiary/aromatic N) is 1. The number of imide groups is 1. The SMILES string of the molecule is Cl.NC1CCCC(C(=O)NCCCCN2C(=O)c3ccccc3C2=O)C1. The molecule has 2 aliphatic rings. The lowest BCUT2D eigenvalue weighted by atomic mass is 9.85. The molecule has 2 unspecified atom stereocenters. The second-order valence-corrected chi connectivity index (χ2v) is 6.93. The Hall–Kier alpha value is -1.92. The first kappa shape index (κ1) is 20.4. The molecule has 1 heterocycles. The van der Waals surface area contributed by atoms with Gasteiger partial charge in [-0.25, -0.2) is 0 Å². The Kier molecular flexibility index (Phi) is 7.17.